The Balaban J connectivity index is 2.68. The average Bonchev–Trinajstić information content (AvgIpc) is 2.50. The van der Waals surface area contributed by atoms with Crippen molar-refractivity contribution < 1.29 is 14.3 Å². The fraction of sp³-hybridized carbons (Fsp3) is 0.333. The minimum atomic E-state index is -0.588. The zero-order valence-electron chi connectivity index (χ0n) is 8.44. The Labute approximate surface area is 91.2 Å². The summed E-state index contributed by atoms with van der Waals surface area (Å²) in [5, 5.41) is 4.54. The molecular formula is C9H12N2O3S. The van der Waals surface area contributed by atoms with Crippen molar-refractivity contribution in [1.29, 1.82) is 0 Å². The number of nitrogens with one attached hydrogen (secondary N) is 1. The third-order valence-corrected chi connectivity index (χ3v) is 2.32. The molecule has 0 saturated heterocycles. The van der Waals surface area contributed by atoms with Crippen molar-refractivity contribution in [2.24, 2.45) is 5.73 Å². The Bertz CT molecular complexity index is 373. The molecular weight excluding hydrogens is 216 g/mol. The second-order valence-electron chi connectivity index (χ2n) is 3.11. The largest absolute Gasteiger partial charge is 0.447 e. The van der Waals surface area contributed by atoms with Gasteiger partial charge in [-0.3, -0.25) is 10.1 Å². The quantitative estimate of drug-likeness (QED) is 0.827. The van der Waals surface area contributed by atoms with Gasteiger partial charge in [-0.2, -0.15) is 0 Å². The summed E-state index contributed by atoms with van der Waals surface area (Å²) in [4.78, 5) is 22.1. The van der Waals surface area contributed by atoms with E-state index >= 15 is 0 Å². The van der Waals surface area contributed by atoms with E-state index < -0.39 is 12.0 Å². The zero-order chi connectivity index (χ0) is 11.4. The molecule has 0 fully saturated rings. The number of hydrogen-bond acceptors (Lipinski definition) is 4. The summed E-state index contributed by atoms with van der Waals surface area (Å²) in [7, 11) is 0. The van der Waals surface area contributed by atoms with Crippen molar-refractivity contribution in [3.63, 3.8) is 0 Å². The van der Waals surface area contributed by atoms with Gasteiger partial charge >= 0.3 is 6.09 Å². The first-order valence-corrected chi connectivity index (χ1v) is 5.23. The van der Waals surface area contributed by atoms with Gasteiger partial charge in [0.2, 0.25) is 0 Å². The van der Waals surface area contributed by atoms with Crippen LogP contribution in [0.2, 0.25) is 0 Å². The maximum absolute atomic E-state index is 11.2. The lowest BCUT2D eigenvalue weighted by Crippen LogP contribution is -2.20. The molecule has 0 aliphatic heterocycles. The van der Waals surface area contributed by atoms with E-state index in [1.54, 1.807) is 25.3 Å². The van der Waals surface area contributed by atoms with Crippen molar-refractivity contribution >= 4 is 28.3 Å². The summed E-state index contributed by atoms with van der Waals surface area (Å²) in [5.41, 5.74) is 5.40. The van der Waals surface area contributed by atoms with Crippen LogP contribution in [0.5, 0.6) is 0 Å². The average molecular weight is 228 g/mol. The van der Waals surface area contributed by atoms with Gasteiger partial charge in [-0.15, -0.1) is 11.3 Å². The van der Waals surface area contributed by atoms with E-state index in [9.17, 15) is 9.59 Å². The smallest absolute Gasteiger partial charge is 0.412 e. The maximum atomic E-state index is 11.2. The molecule has 0 bridgehead atoms. The fourth-order valence-corrected chi connectivity index (χ4v) is 1.71. The van der Waals surface area contributed by atoms with Crippen LogP contribution in [0.1, 0.15) is 24.2 Å². The highest BCUT2D eigenvalue weighted by Crippen LogP contribution is 2.22. The summed E-state index contributed by atoms with van der Waals surface area (Å²) in [6.07, 6.45) is -0.794. The zero-order valence-corrected chi connectivity index (χ0v) is 9.26. The van der Waals surface area contributed by atoms with Gasteiger partial charge in [-0.1, -0.05) is 0 Å². The maximum Gasteiger partial charge on any atom is 0.412 e. The Morgan fingerprint density at radius 2 is 2.20 bits per heavy atom. The Kier molecular flexibility index (Phi) is 3.68. The normalized spacial score (nSPS) is 10.1. The highest BCUT2D eigenvalue weighted by molar-refractivity contribution is 7.14. The van der Waals surface area contributed by atoms with E-state index in [4.69, 9.17) is 10.5 Å². The molecule has 1 heterocycles. The first-order chi connectivity index (χ1) is 7.00. The molecule has 0 spiro atoms. The number of nitrogens with two attached hydrogens (primary N) is 1. The van der Waals surface area contributed by atoms with Crippen LogP contribution >= 0.6 is 11.3 Å². The number of thiophene rings is 1. The van der Waals surface area contributed by atoms with Crippen LogP contribution < -0.4 is 11.1 Å². The molecule has 3 N–H and O–H groups in total. The lowest BCUT2D eigenvalue weighted by atomic mass is 10.3. The van der Waals surface area contributed by atoms with Gasteiger partial charge < -0.3 is 10.5 Å². The molecule has 1 rings (SSSR count). The lowest BCUT2D eigenvalue weighted by molar-refractivity contribution is 0.100. The monoisotopic (exact) mass is 228 g/mol. The number of primary amides is 1. The summed E-state index contributed by atoms with van der Waals surface area (Å²) in [6.45, 7) is 3.48. The molecule has 0 aliphatic rings. The van der Waals surface area contributed by atoms with Gasteiger partial charge in [0, 0.05) is 0 Å². The van der Waals surface area contributed by atoms with Gasteiger partial charge in [-0.05, 0) is 25.3 Å². The predicted molar refractivity (Wildman–Crippen MR) is 58.1 cm³/mol. The number of anilines is 1. The van der Waals surface area contributed by atoms with E-state index in [1.165, 1.54) is 11.3 Å². The molecule has 0 radical (unpaired) electrons. The fourth-order valence-electron chi connectivity index (χ4n) is 0.936. The van der Waals surface area contributed by atoms with Crippen molar-refractivity contribution in [3.8, 4) is 0 Å². The molecule has 15 heavy (non-hydrogen) atoms. The topological polar surface area (TPSA) is 81.4 Å². The second kappa shape index (κ2) is 4.79. The number of hydrogen-bond donors (Lipinski definition) is 2. The van der Waals surface area contributed by atoms with Crippen LogP contribution in [0, 0.1) is 0 Å². The van der Waals surface area contributed by atoms with Gasteiger partial charge in [0.1, 0.15) is 5.00 Å². The second-order valence-corrected chi connectivity index (χ2v) is 4.02. The lowest BCUT2D eigenvalue weighted by Gasteiger charge is -2.08. The van der Waals surface area contributed by atoms with E-state index in [0.29, 0.717) is 10.6 Å². The summed E-state index contributed by atoms with van der Waals surface area (Å²) in [6, 6.07) is 1.55. The summed E-state index contributed by atoms with van der Waals surface area (Å²) >= 11 is 1.22. The molecule has 0 aliphatic carbocycles. The van der Waals surface area contributed by atoms with E-state index in [2.05, 4.69) is 5.32 Å². The molecule has 2 amide bonds. The Morgan fingerprint density at radius 1 is 1.53 bits per heavy atom. The SMILES string of the molecule is CC(C)OC(=O)Nc1sccc1C(N)=O. The van der Waals surface area contributed by atoms with Crippen molar-refractivity contribution in [2.45, 2.75) is 20.0 Å². The number of amides is 2. The molecule has 82 valence electrons. The van der Waals surface area contributed by atoms with Gasteiger partial charge in [-0.25, -0.2) is 4.79 Å². The van der Waals surface area contributed by atoms with Gasteiger partial charge in [0.15, 0.2) is 0 Å². The van der Waals surface area contributed by atoms with Crippen LogP contribution in [0.25, 0.3) is 0 Å². The third kappa shape index (κ3) is 3.25. The summed E-state index contributed by atoms with van der Waals surface area (Å²) in [5.74, 6) is -0.573. The van der Waals surface area contributed by atoms with Crippen LogP contribution in [0.15, 0.2) is 11.4 Å². The standard InChI is InChI=1S/C9H12N2O3S/c1-5(2)14-9(13)11-8-6(7(10)12)3-4-15-8/h3-5H,1-2H3,(H2,10,12)(H,11,13). The van der Waals surface area contributed by atoms with Crippen LogP contribution in [0.3, 0.4) is 0 Å². The van der Waals surface area contributed by atoms with E-state index in [0.717, 1.165) is 0 Å². The number of ether oxygens (including phenoxy) is 1. The molecule has 6 heteroatoms. The van der Waals surface area contributed by atoms with Crippen LogP contribution in [-0.4, -0.2) is 18.1 Å². The van der Waals surface area contributed by atoms with E-state index in [1.807, 2.05) is 0 Å². The van der Waals surface area contributed by atoms with Crippen LogP contribution in [0.4, 0.5) is 9.80 Å². The molecule has 0 aromatic carbocycles. The molecule has 1 aromatic rings. The molecule has 0 unspecified atom stereocenters. The highest BCUT2D eigenvalue weighted by atomic mass is 32.1. The van der Waals surface area contributed by atoms with E-state index in [-0.39, 0.29) is 6.10 Å². The van der Waals surface area contributed by atoms with Crippen molar-refractivity contribution in [1.82, 2.24) is 0 Å². The highest BCUT2D eigenvalue weighted by Gasteiger charge is 2.13. The van der Waals surface area contributed by atoms with Crippen molar-refractivity contribution in [2.75, 3.05) is 5.32 Å². The number of carbonyl (C=O) groups is 2. The minimum absolute atomic E-state index is 0.206. The van der Waals surface area contributed by atoms with Gasteiger partial charge in [0.25, 0.3) is 5.91 Å². The minimum Gasteiger partial charge on any atom is -0.447 e. The third-order valence-electron chi connectivity index (χ3n) is 1.49. The van der Waals surface area contributed by atoms with Crippen LogP contribution in [-0.2, 0) is 4.74 Å². The predicted octanol–water partition coefficient (Wildman–Crippen LogP) is 1.80. The van der Waals surface area contributed by atoms with Gasteiger partial charge in [0.05, 0.1) is 11.7 Å². The molecule has 0 atom stereocenters. The number of rotatable bonds is 3. The molecule has 0 saturated carbocycles. The first kappa shape index (κ1) is 11.5. The summed E-state index contributed by atoms with van der Waals surface area (Å²) < 4.78 is 4.86. The van der Waals surface area contributed by atoms with Crippen molar-refractivity contribution in [3.05, 3.63) is 17.0 Å². The molecule has 1 aromatic heterocycles. The molecule has 5 nitrogen and oxygen atoms in total. The number of carbonyl (C=O) groups excluding carboxylic acids is 2. The first-order valence-electron chi connectivity index (χ1n) is 4.35. The Hall–Kier alpha value is -1.56. The Morgan fingerprint density at radius 3 is 2.73 bits per heavy atom.